The zero-order chi connectivity index (χ0) is 13.1. The van der Waals surface area contributed by atoms with E-state index in [1.54, 1.807) is 43.6 Å². The van der Waals surface area contributed by atoms with Crippen molar-refractivity contribution in [1.82, 2.24) is 4.98 Å². The molecule has 1 aromatic heterocycles. The van der Waals surface area contributed by atoms with E-state index in [2.05, 4.69) is 20.9 Å². The van der Waals surface area contributed by atoms with Crippen LogP contribution >= 0.6 is 15.9 Å². The van der Waals surface area contributed by atoms with Gasteiger partial charge in [0.2, 0.25) is 0 Å². The van der Waals surface area contributed by atoms with E-state index in [1.807, 2.05) is 6.07 Å². The van der Waals surface area contributed by atoms with Crippen LogP contribution in [0.25, 0.3) is 0 Å². The second-order valence-corrected chi connectivity index (χ2v) is 4.65. The van der Waals surface area contributed by atoms with Crippen LogP contribution in [0, 0.1) is 0 Å². The maximum atomic E-state index is 12.3. The molecule has 0 aliphatic rings. The van der Waals surface area contributed by atoms with E-state index in [1.165, 1.54) is 4.90 Å². The van der Waals surface area contributed by atoms with Crippen LogP contribution in [0.4, 0.5) is 11.5 Å². The number of carbonyl (C=O) groups is 1. The normalized spacial score (nSPS) is 10.1. The van der Waals surface area contributed by atoms with Gasteiger partial charge in [-0.25, -0.2) is 4.98 Å². The highest BCUT2D eigenvalue weighted by Crippen LogP contribution is 2.22. The molecule has 0 spiro atoms. The lowest BCUT2D eigenvalue weighted by atomic mass is 10.2. The number of pyridine rings is 1. The average Bonchev–Trinajstić information content (AvgIpc) is 2.41. The van der Waals surface area contributed by atoms with Crippen molar-refractivity contribution in [1.29, 1.82) is 0 Å². The fourth-order valence-corrected chi connectivity index (χ4v) is 1.96. The van der Waals surface area contributed by atoms with Gasteiger partial charge in [-0.3, -0.25) is 9.69 Å². The molecule has 1 heterocycles. The van der Waals surface area contributed by atoms with Gasteiger partial charge in [0.05, 0.1) is 5.56 Å². The second kappa shape index (κ2) is 5.18. The van der Waals surface area contributed by atoms with Gasteiger partial charge in [0.15, 0.2) is 0 Å². The van der Waals surface area contributed by atoms with Gasteiger partial charge in [-0.2, -0.15) is 0 Å². The molecule has 5 heteroatoms. The lowest BCUT2D eigenvalue weighted by molar-refractivity contribution is 0.0991. The molecule has 92 valence electrons. The van der Waals surface area contributed by atoms with Crippen LogP contribution in [0.2, 0.25) is 0 Å². The van der Waals surface area contributed by atoms with Crippen molar-refractivity contribution >= 4 is 33.3 Å². The lowest BCUT2D eigenvalue weighted by Gasteiger charge is -2.17. The fraction of sp³-hybridized carbons (Fsp3) is 0.0769. The first-order valence-electron chi connectivity index (χ1n) is 5.33. The summed E-state index contributed by atoms with van der Waals surface area (Å²) in [4.78, 5) is 17.9. The molecule has 18 heavy (non-hydrogen) atoms. The second-order valence-electron chi connectivity index (χ2n) is 3.79. The van der Waals surface area contributed by atoms with Crippen LogP contribution in [0.3, 0.4) is 0 Å². The van der Waals surface area contributed by atoms with Crippen molar-refractivity contribution in [3.05, 3.63) is 52.6 Å². The number of nitrogens with two attached hydrogens (primary N) is 1. The van der Waals surface area contributed by atoms with Crippen LogP contribution in [0.15, 0.2) is 47.1 Å². The molecule has 2 N–H and O–H groups in total. The topological polar surface area (TPSA) is 59.2 Å². The first kappa shape index (κ1) is 12.6. The smallest absolute Gasteiger partial charge is 0.260 e. The number of hydrogen-bond donors (Lipinski definition) is 1. The summed E-state index contributed by atoms with van der Waals surface area (Å²) in [6, 6.07) is 10.6. The highest BCUT2D eigenvalue weighted by atomic mass is 79.9. The SMILES string of the molecule is CN(C(=O)c1cc(N)ccc1Br)c1ccccn1. The van der Waals surface area contributed by atoms with E-state index in [0.29, 0.717) is 21.5 Å². The first-order chi connectivity index (χ1) is 8.59. The van der Waals surface area contributed by atoms with Crippen molar-refractivity contribution < 1.29 is 4.79 Å². The summed E-state index contributed by atoms with van der Waals surface area (Å²) >= 11 is 3.35. The van der Waals surface area contributed by atoms with Gasteiger partial charge in [-0.05, 0) is 46.3 Å². The molecule has 0 unspecified atom stereocenters. The molecule has 0 aliphatic heterocycles. The summed E-state index contributed by atoms with van der Waals surface area (Å²) in [5.74, 6) is 0.435. The van der Waals surface area contributed by atoms with E-state index in [0.717, 1.165) is 0 Å². The first-order valence-corrected chi connectivity index (χ1v) is 6.13. The third kappa shape index (κ3) is 2.51. The molecule has 0 radical (unpaired) electrons. The molecule has 2 aromatic rings. The molecule has 0 atom stereocenters. The number of aromatic nitrogens is 1. The number of benzene rings is 1. The average molecular weight is 306 g/mol. The minimum absolute atomic E-state index is 0.159. The summed E-state index contributed by atoms with van der Waals surface area (Å²) in [6.07, 6.45) is 1.65. The maximum Gasteiger partial charge on any atom is 0.260 e. The Kier molecular flexibility index (Phi) is 3.62. The van der Waals surface area contributed by atoms with Crippen molar-refractivity contribution in [3.8, 4) is 0 Å². The summed E-state index contributed by atoms with van der Waals surface area (Å²) in [6.45, 7) is 0. The molecule has 4 nitrogen and oxygen atoms in total. The quantitative estimate of drug-likeness (QED) is 0.868. The van der Waals surface area contributed by atoms with Crippen molar-refractivity contribution in [2.45, 2.75) is 0 Å². The predicted molar refractivity (Wildman–Crippen MR) is 75.5 cm³/mol. The zero-order valence-electron chi connectivity index (χ0n) is 9.80. The molecule has 2 rings (SSSR count). The molecule has 0 saturated heterocycles. The Hall–Kier alpha value is -1.88. The standard InChI is InChI=1S/C13H12BrN3O/c1-17(12-4-2-3-7-16-12)13(18)10-8-9(15)5-6-11(10)14/h2-8H,15H2,1H3. The molecular formula is C13H12BrN3O. The summed E-state index contributed by atoms with van der Waals surface area (Å²) in [5, 5.41) is 0. The number of rotatable bonds is 2. The van der Waals surface area contributed by atoms with Crippen molar-refractivity contribution in [2.75, 3.05) is 17.7 Å². The van der Waals surface area contributed by atoms with Gasteiger partial charge >= 0.3 is 0 Å². The van der Waals surface area contributed by atoms with Crippen molar-refractivity contribution in [2.24, 2.45) is 0 Å². The van der Waals surface area contributed by atoms with E-state index < -0.39 is 0 Å². The number of amides is 1. The number of nitrogens with zero attached hydrogens (tertiary/aromatic N) is 2. The van der Waals surface area contributed by atoms with E-state index in [-0.39, 0.29) is 5.91 Å². The Labute approximate surface area is 114 Å². The van der Waals surface area contributed by atoms with Crippen LogP contribution < -0.4 is 10.6 Å². The van der Waals surface area contributed by atoms with E-state index >= 15 is 0 Å². The van der Waals surface area contributed by atoms with Gasteiger partial charge < -0.3 is 5.73 Å². The molecular weight excluding hydrogens is 294 g/mol. The Bertz CT molecular complexity index is 572. The minimum atomic E-state index is -0.159. The molecule has 0 fully saturated rings. The Morgan fingerprint density at radius 3 is 2.78 bits per heavy atom. The largest absolute Gasteiger partial charge is 0.399 e. The van der Waals surface area contributed by atoms with Crippen LogP contribution in [-0.2, 0) is 0 Å². The number of halogens is 1. The Morgan fingerprint density at radius 1 is 1.33 bits per heavy atom. The van der Waals surface area contributed by atoms with E-state index in [4.69, 9.17) is 5.73 Å². The summed E-state index contributed by atoms with van der Waals surface area (Å²) in [7, 11) is 1.68. The maximum absolute atomic E-state index is 12.3. The van der Waals surface area contributed by atoms with Crippen LogP contribution in [-0.4, -0.2) is 17.9 Å². The fourth-order valence-electron chi connectivity index (χ4n) is 1.54. The van der Waals surface area contributed by atoms with Crippen LogP contribution in [0.5, 0.6) is 0 Å². The summed E-state index contributed by atoms with van der Waals surface area (Å²) < 4.78 is 0.712. The lowest BCUT2D eigenvalue weighted by Crippen LogP contribution is -2.27. The van der Waals surface area contributed by atoms with Crippen molar-refractivity contribution in [3.63, 3.8) is 0 Å². The number of hydrogen-bond acceptors (Lipinski definition) is 3. The monoisotopic (exact) mass is 305 g/mol. The van der Waals surface area contributed by atoms with Gasteiger partial charge in [-0.1, -0.05) is 6.07 Å². The number of anilines is 2. The minimum Gasteiger partial charge on any atom is -0.399 e. The third-order valence-corrected chi connectivity index (χ3v) is 3.21. The van der Waals surface area contributed by atoms with Gasteiger partial charge in [0, 0.05) is 23.4 Å². The zero-order valence-corrected chi connectivity index (χ0v) is 11.4. The Balaban J connectivity index is 2.34. The molecule has 0 saturated carbocycles. The van der Waals surface area contributed by atoms with Gasteiger partial charge in [0.25, 0.3) is 5.91 Å². The summed E-state index contributed by atoms with van der Waals surface area (Å²) in [5.41, 5.74) is 6.77. The molecule has 1 amide bonds. The number of carbonyl (C=O) groups excluding carboxylic acids is 1. The van der Waals surface area contributed by atoms with Gasteiger partial charge in [0.1, 0.15) is 5.82 Å². The van der Waals surface area contributed by atoms with E-state index in [9.17, 15) is 4.79 Å². The van der Waals surface area contributed by atoms with Gasteiger partial charge in [-0.15, -0.1) is 0 Å². The molecule has 0 bridgehead atoms. The Morgan fingerprint density at radius 2 is 2.11 bits per heavy atom. The molecule has 0 aliphatic carbocycles. The highest BCUT2D eigenvalue weighted by Gasteiger charge is 2.17. The predicted octanol–water partition coefficient (Wildman–Crippen LogP) is 2.70. The highest BCUT2D eigenvalue weighted by molar-refractivity contribution is 9.10. The van der Waals surface area contributed by atoms with Crippen LogP contribution in [0.1, 0.15) is 10.4 Å². The molecule has 1 aromatic carbocycles. The third-order valence-electron chi connectivity index (χ3n) is 2.52. The number of nitrogen functional groups attached to an aromatic ring is 1.